The largest absolute Gasteiger partial charge is 0.368 e. The number of nitrogens with zero attached hydrogens (tertiary/aromatic N) is 5. The van der Waals surface area contributed by atoms with Crippen LogP contribution in [0, 0.1) is 5.41 Å². The highest BCUT2D eigenvalue weighted by Gasteiger charge is 2.23. The van der Waals surface area contributed by atoms with Gasteiger partial charge in [-0.1, -0.05) is 39.0 Å². The second-order valence-corrected chi connectivity index (χ2v) is 11.3. The number of carbonyl (C=O) groups excluding carboxylic acids is 1. The molecule has 0 unspecified atom stereocenters. The molecule has 0 saturated carbocycles. The van der Waals surface area contributed by atoms with Crippen LogP contribution in [-0.2, 0) is 13.6 Å². The predicted molar refractivity (Wildman–Crippen MR) is 142 cm³/mol. The maximum absolute atomic E-state index is 12.9. The second-order valence-electron chi connectivity index (χ2n) is 10.3. The number of piperazine rings is 1. The normalized spacial score (nSPS) is 14.6. The second kappa shape index (κ2) is 9.00. The number of aromatic nitrogens is 3. The Balaban J connectivity index is 1.37. The maximum Gasteiger partial charge on any atom is 0.330 e. The topological polar surface area (TPSA) is 63.4 Å². The van der Waals surface area contributed by atoms with Crippen molar-refractivity contribution in [2.24, 2.45) is 12.5 Å². The first kappa shape index (κ1) is 23.4. The minimum absolute atomic E-state index is 0.0104. The van der Waals surface area contributed by atoms with Gasteiger partial charge >= 0.3 is 5.69 Å². The van der Waals surface area contributed by atoms with Crippen molar-refractivity contribution >= 4 is 34.1 Å². The summed E-state index contributed by atoms with van der Waals surface area (Å²) in [5, 5.41) is 1.94. The van der Waals surface area contributed by atoms with Crippen molar-refractivity contribution in [3.63, 3.8) is 0 Å². The Labute approximate surface area is 209 Å². The highest BCUT2D eigenvalue weighted by Crippen LogP contribution is 2.27. The minimum Gasteiger partial charge on any atom is -0.368 e. The molecule has 0 spiro atoms. The summed E-state index contributed by atoms with van der Waals surface area (Å²) < 4.78 is 3.46. The zero-order chi connectivity index (χ0) is 24.7. The fourth-order valence-electron chi connectivity index (χ4n) is 4.65. The average Bonchev–Trinajstić information content (AvgIpc) is 3.47. The number of hydrogen-bond donors (Lipinski definition) is 0. The third kappa shape index (κ3) is 4.62. The van der Waals surface area contributed by atoms with Crippen molar-refractivity contribution in [1.29, 1.82) is 0 Å². The van der Waals surface area contributed by atoms with E-state index in [0.717, 1.165) is 40.4 Å². The Bertz CT molecular complexity index is 1420. The van der Waals surface area contributed by atoms with Crippen LogP contribution in [0.15, 0.2) is 58.7 Å². The molecule has 0 aliphatic carbocycles. The van der Waals surface area contributed by atoms with Gasteiger partial charge in [0.05, 0.1) is 16.1 Å². The minimum atomic E-state index is -0.0386. The molecule has 4 heterocycles. The van der Waals surface area contributed by atoms with E-state index in [0.29, 0.717) is 25.3 Å². The van der Waals surface area contributed by atoms with E-state index in [1.807, 2.05) is 45.2 Å². The summed E-state index contributed by atoms with van der Waals surface area (Å²) in [6.07, 6.45) is 0. The van der Waals surface area contributed by atoms with Gasteiger partial charge in [0.25, 0.3) is 5.91 Å². The molecule has 182 valence electrons. The third-order valence-corrected chi connectivity index (χ3v) is 7.28. The number of pyridine rings is 1. The van der Waals surface area contributed by atoms with Gasteiger partial charge in [0, 0.05) is 51.0 Å². The standard InChI is InChI=1S/C27H31N5O2S/c1-27(2,3)18-32-22-11-10-21(28-24(22)29(4)26(32)34)19-7-5-8-20(17-19)30-12-14-31(15-13-30)25(33)23-9-6-16-35-23/h5-11,16-17H,12-15,18H2,1-4H3. The van der Waals surface area contributed by atoms with Crippen molar-refractivity contribution < 1.29 is 4.79 Å². The van der Waals surface area contributed by atoms with Gasteiger partial charge < -0.3 is 9.80 Å². The Kier molecular flexibility index (Phi) is 6.01. The number of fused-ring (bicyclic) bond motifs is 1. The van der Waals surface area contributed by atoms with E-state index in [1.165, 1.54) is 11.3 Å². The summed E-state index contributed by atoms with van der Waals surface area (Å²) >= 11 is 1.49. The Morgan fingerprint density at radius 2 is 1.80 bits per heavy atom. The van der Waals surface area contributed by atoms with E-state index in [4.69, 9.17) is 4.98 Å². The molecule has 3 aromatic heterocycles. The highest BCUT2D eigenvalue weighted by atomic mass is 32.1. The van der Waals surface area contributed by atoms with Crippen LogP contribution in [0.1, 0.15) is 30.4 Å². The number of benzene rings is 1. The lowest BCUT2D eigenvalue weighted by Gasteiger charge is -2.36. The van der Waals surface area contributed by atoms with E-state index < -0.39 is 0 Å². The van der Waals surface area contributed by atoms with Crippen LogP contribution in [0.2, 0.25) is 0 Å². The summed E-state index contributed by atoms with van der Waals surface area (Å²) in [4.78, 5) is 35.5. The summed E-state index contributed by atoms with van der Waals surface area (Å²) in [6, 6.07) is 16.2. The molecule has 35 heavy (non-hydrogen) atoms. The van der Waals surface area contributed by atoms with Crippen molar-refractivity contribution in [2.75, 3.05) is 31.1 Å². The highest BCUT2D eigenvalue weighted by molar-refractivity contribution is 7.12. The molecule has 1 fully saturated rings. The van der Waals surface area contributed by atoms with Gasteiger partial charge in [-0.05, 0) is 41.1 Å². The number of imidazole rings is 1. The third-order valence-electron chi connectivity index (χ3n) is 6.42. The Morgan fingerprint density at radius 3 is 2.49 bits per heavy atom. The molecule has 1 aliphatic rings. The van der Waals surface area contributed by atoms with Gasteiger partial charge in [-0.25, -0.2) is 9.78 Å². The van der Waals surface area contributed by atoms with E-state index >= 15 is 0 Å². The SMILES string of the molecule is Cn1c(=O)n(CC(C)(C)C)c2ccc(-c3cccc(N4CCN(C(=O)c5cccs5)CC4)c3)nc21. The number of anilines is 1. The number of aryl methyl sites for hydroxylation is 1. The molecule has 5 rings (SSSR count). The number of hydrogen-bond acceptors (Lipinski definition) is 5. The molecule has 7 nitrogen and oxygen atoms in total. The van der Waals surface area contributed by atoms with Crippen LogP contribution >= 0.6 is 11.3 Å². The van der Waals surface area contributed by atoms with Crippen LogP contribution in [0.5, 0.6) is 0 Å². The molecule has 0 atom stereocenters. The predicted octanol–water partition coefficient (Wildman–Crippen LogP) is 4.47. The molecule has 4 aromatic rings. The van der Waals surface area contributed by atoms with Gasteiger partial charge in [0.2, 0.25) is 0 Å². The van der Waals surface area contributed by atoms with Crippen LogP contribution in [0.4, 0.5) is 5.69 Å². The van der Waals surface area contributed by atoms with Gasteiger partial charge in [0.1, 0.15) is 0 Å². The number of amides is 1. The Morgan fingerprint density at radius 1 is 1.03 bits per heavy atom. The Hall–Kier alpha value is -3.39. The quantitative estimate of drug-likeness (QED) is 0.424. The monoisotopic (exact) mass is 489 g/mol. The number of thiophene rings is 1. The van der Waals surface area contributed by atoms with Gasteiger partial charge in [0.15, 0.2) is 5.65 Å². The molecule has 0 bridgehead atoms. The smallest absolute Gasteiger partial charge is 0.330 e. The summed E-state index contributed by atoms with van der Waals surface area (Å²) in [6.45, 7) is 10.0. The zero-order valence-corrected chi connectivity index (χ0v) is 21.5. The number of carbonyl (C=O) groups is 1. The molecule has 1 aliphatic heterocycles. The summed E-state index contributed by atoms with van der Waals surface area (Å²) in [5.74, 6) is 0.120. The van der Waals surface area contributed by atoms with Gasteiger partial charge in [-0.2, -0.15) is 0 Å². The van der Waals surface area contributed by atoms with E-state index in [1.54, 1.807) is 11.6 Å². The lowest BCUT2D eigenvalue weighted by atomic mass is 9.97. The first-order valence-corrected chi connectivity index (χ1v) is 12.8. The molecule has 1 aromatic carbocycles. The molecule has 1 saturated heterocycles. The van der Waals surface area contributed by atoms with Crippen LogP contribution < -0.4 is 10.6 Å². The molecule has 8 heteroatoms. The zero-order valence-electron chi connectivity index (χ0n) is 20.7. The van der Waals surface area contributed by atoms with Crippen molar-refractivity contribution in [3.05, 3.63) is 69.3 Å². The van der Waals surface area contributed by atoms with Crippen LogP contribution in [0.25, 0.3) is 22.4 Å². The number of rotatable bonds is 4. The van der Waals surface area contributed by atoms with Crippen molar-refractivity contribution in [2.45, 2.75) is 27.3 Å². The van der Waals surface area contributed by atoms with Crippen LogP contribution in [0.3, 0.4) is 0 Å². The fraction of sp³-hybridized carbons (Fsp3) is 0.370. The first-order valence-electron chi connectivity index (χ1n) is 12.0. The molecular formula is C27H31N5O2S. The summed E-state index contributed by atoms with van der Waals surface area (Å²) in [7, 11) is 1.79. The summed E-state index contributed by atoms with van der Waals surface area (Å²) in [5.41, 5.74) is 4.48. The van der Waals surface area contributed by atoms with Gasteiger partial charge in [-0.15, -0.1) is 11.3 Å². The molecule has 0 N–H and O–H groups in total. The van der Waals surface area contributed by atoms with Crippen molar-refractivity contribution in [1.82, 2.24) is 19.0 Å². The van der Waals surface area contributed by atoms with E-state index in [9.17, 15) is 9.59 Å². The van der Waals surface area contributed by atoms with Crippen molar-refractivity contribution in [3.8, 4) is 11.3 Å². The molecular weight excluding hydrogens is 458 g/mol. The maximum atomic E-state index is 12.9. The molecule has 1 amide bonds. The average molecular weight is 490 g/mol. The van der Waals surface area contributed by atoms with E-state index in [-0.39, 0.29) is 17.0 Å². The fourth-order valence-corrected chi connectivity index (χ4v) is 5.34. The van der Waals surface area contributed by atoms with Gasteiger partial charge in [-0.3, -0.25) is 13.9 Å². The lowest BCUT2D eigenvalue weighted by Crippen LogP contribution is -2.48. The lowest BCUT2D eigenvalue weighted by molar-refractivity contribution is 0.0751. The first-order chi connectivity index (χ1) is 16.7. The van der Waals surface area contributed by atoms with Crippen LogP contribution in [-0.4, -0.2) is 51.1 Å². The molecule has 0 radical (unpaired) electrons. The van der Waals surface area contributed by atoms with E-state index in [2.05, 4.69) is 43.9 Å².